The van der Waals surface area contributed by atoms with Gasteiger partial charge in [-0.2, -0.15) is 0 Å². The maximum atomic E-state index is 13.9. The number of allylic oxidation sites excluding steroid dienone is 1. The topological polar surface area (TPSA) is 68.0 Å². The van der Waals surface area contributed by atoms with Gasteiger partial charge < -0.3 is 11.1 Å². The Morgan fingerprint density at radius 1 is 1.11 bits per heavy atom. The second kappa shape index (κ2) is 7.83. The minimum Gasteiger partial charge on any atom is -0.383 e. The fourth-order valence-corrected chi connectivity index (χ4v) is 2.75. The summed E-state index contributed by atoms with van der Waals surface area (Å²) in [7, 11) is 0. The van der Waals surface area contributed by atoms with Crippen LogP contribution in [0.5, 0.6) is 0 Å². The van der Waals surface area contributed by atoms with Gasteiger partial charge in [-0.25, -0.2) is 9.37 Å². The molecule has 0 spiro atoms. The molecule has 27 heavy (non-hydrogen) atoms. The molecule has 3 N–H and O–H groups in total. The number of Topliss-reactive ketones (excluding diaryl/α,β-unsaturated/α-hetero) is 1. The zero-order chi connectivity index (χ0) is 19.4. The molecule has 2 aromatic carbocycles. The SMILES string of the molecule is C=C(C(=O)c1ccccc1F)c1cc(Nc2cccc(CC)c2)cnc1N. The van der Waals surface area contributed by atoms with Gasteiger partial charge in [0.05, 0.1) is 17.4 Å². The van der Waals surface area contributed by atoms with Crippen molar-refractivity contribution in [3.63, 3.8) is 0 Å². The number of nitrogen functional groups attached to an aromatic ring is 1. The maximum absolute atomic E-state index is 13.9. The molecule has 0 aliphatic heterocycles. The van der Waals surface area contributed by atoms with Crippen LogP contribution in [0.3, 0.4) is 0 Å². The standard InChI is InChI=1S/C22H20FN3O/c1-3-15-7-6-8-16(11-15)26-17-12-19(22(24)25-13-17)14(2)21(27)18-9-4-5-10-20(18)23/h4-13,26H,2-3H2,1H3,(H2,24,25). The Kier molecular flexibility index (Phi) is 5.31. The number of carbonyl (C=O) groups is 1. The smallest absolute Gasteiger partial charge is 0.196 e. The number of hydrogen-bond donors (Lipinski definition) is 2. The number of aromatic nitrogens is 1. The first-order valence-corrected chi connectivity index (χ1v) is 8.59. The van der Waals surface area contributed by atoms with E-state index < -0.39 is 11.6 Å². The fourth-order valence-electron chi connectivity index (χ4n) is 2.75. The first-order chi connectivity index (χ1) is 13.0. The predicted molar refractivity (Wildman–Crippen MR) is 108 cm³/mol. The molecular formula is C22H20FN3O. The van der Waals surface area contributed by atoms with Crippen molar-refractivity contribution in [1.29, 1.82) is 0 Å². The van der Waals surface area contributed by atoms with Crippen molar-refractivity contribution in [2.24, 2.45) is 0 Å². The maximum Gasteiger partial charge on any atom is 0.196 e. The quantitative estimate of drug-likeness (QED) is 0.479. The first-order valence-electron chi connectivity index (χ1n) is 8.59. The van der Waals surface area contributed by atoms with Crippen LogP contribution in [0.2, 0.25) is 0 Å². The van der Waals surface area contributed by atoms with E-state index in [4.69, 9.17) is 5.73 Å². The highest BCUT2D eigenvalue weighted by Crippen LogP contribution is 2.27. The molecular weight excluding hydrogens is 341 g/mol. The van der Waals surface area contributed by atoms with Crippen LogP contribution in [0.1, 0.15) is 28.4 Å². The number of benzene rings is 2. The molecule has 1 heterocycles. The average Bonchev–Trinajstić information content (AvgIpc) is 2.69. The van der Waals surface area contributed by atoms with E-state index in [1.165, 1.54) is 23.8 Å². The van der Waals surface area contributed by atoms with E-state index in [9.17, 15) is 9.18 Å². The molecule has 0 radical (unpaired) electrons. The second-order valence-corrected chi connectivity index (χ2v) is 6.12. The highest BCUT2D eigenvalue weighted by molar-refractivity contribution is 6.29. The Bertz CT molecular complexity index is 1010. The summed E-state index contributed by atoms with van der Waals surface area (Å²) < 4.78 is 13.9. The Morgan fingerprint density at radius 2 is 1.89 bits per heavy atom. The van der Waals surface area contributed by atoms with E-state index in [2.05, 4.69) is 23.8 Å². The molecule has 3 rings (SSSR count). The van der Waals surface area contributed by atoms with Gasteiger partial charge in [-0.15, -0.1) is 0 Å². The summed E-state index contributed by atoms with van der Waals surface area (Å²) in [6, 6.07) is 15.5. The Labute approximate surface area is 157 Å². The highest BCUT2D eigenvalue weighted by Gasteiger charge is 2.18. The van der Waals surface area contributed by atoms with Gasteiger partial charge in [-0.1, -0.05) is 37.8 Å². The van der Waals surface area contributed by atoms with Crippen LogP contribution in [0, 0.1) is 5.82 Å². The van der Waals surface area contributed by atoms with Crippen molar-refractivity contribution in [2.75, 3.05) is 11.1 Å². The fraction of sp³-hybridized carbons (Fsp3) is 0.0909. The van der Waals surface area contributed by atoms with Crippen LogP contribution in [-0.4, -0.2) is 10.8 Å². The van der Waals surface area contributed by atoms with E-state index in [1.807, 2.05) is 24.3 Å². The second-order valence-electron chi connectivity index (χ2n) is 6.12. The summed E-state index contributed by atoms with van der Waals surface area (Å²) in [5.41, 5.74) is 9.12. The first kappa shape index (κ1) is 18.3. The molecule has 0 saturated carbocycles. The summed E-state index contributed by atoms with van der Waals surface area (Å²) in [6.07, 6.45) is 2.51. The molecule has 0 atom stereocenters. The average molecular weight is 361 g/mol. The molecule has 0 saturated heterocycles. The van der Waals surface area contributed by atoms with Crippen molar-refractivity contribution < 1.29 is 9.18 Å². The normalized spacial score (nSPS) is 10.4. The minimum absolute atomic E-state index is 0.0455. The molecule has 0 bridgehead atoms. The lowest BCUT2D eigenvalue weighted by Gasteiger charge is -2.12. The van der Waals surface area contributed by atoms with Gasteiger partial charge in [0.25, 0.3) is 0 Å². The van der Waals surface area contributed by atoms with Gasteiger partial charge in [0, 0.05) is 16.8 Å². The monoisotopic (exact) mass is 361 g/mol. The number of nitrogens with zero attached hydrogens (tertiary/aromatic N) is 1. The van der Waals surface area contributed by atoms with Crippen molar-refractivity contribution >= 4 is 28.5 Å². The van der Waals surface area contributed by atoms with Crippen LogP contribution >= 0.6 is 0 Å². The van der Waals surface area contributed by atoms with Crippen molar-refractivity contribution in [1.82, 2.24) is 4.98 Å². The van der Waals surface area contributed by atoms with Crippen molar-refractivity contribution in [3.8, 4) is 0 Å². The summed E-state index contributed by atoms with van der Waals surface area (Å²) >= 11 is 0. The number of aryl methyl sites for hydroxylation is 1. The lowest BCUT2D eigenvalue weighted by atomic mass is 9.98. The molecule has 0 aliphatic rings. The molecule has 0 fully saturated rings. The number of halogens is 1. The van der Waals surface area contributed by atoms with Gasteiger partial charge in [0.1, 0.15) is 11.6 Å². The predicted octanol–water partition coefficient (Wildman–Crippen LogP) is 5.01. The number of nitrogens with two attached hydrogens (primary N) is 1. The third-order valence-corrected chi connectivity index (χ3v) is 4.26. The van der Waals surface area contributed by atoms with Gasteiger partial charge in [0.2, 0.25) is 0 Å². The van der Waals surface area contributed by atoms with Gasteiger partial charge >= 0.3 is 0 Å². The van der Waals surface area contributed by atoms with E-state index in [1.54, 1.807) is 18.3 Å². The van der Waals surface area contributed by atoms with Crippen molar-refractivity contribution in [3.05, 3.63) is 89.9 Å². The molecule has 0 aliphatic carbocycles. The highest BCUT2D eigenvalue weighted by atomic mass is 19.1. The lowest BCUT2D eigenvalue weighted by Crippen LogP contribution is -2.08. The molecule has 136 valence electrons. The summed E-state index contributed by atoms with van der Waals surface area (Å²) in [4.78, 5) is 16.8. The number of hydrogen-bond acceptors (Lipinski definition) is 4. The lowest BCUT2D eigenvalue weighted by molar-refractivity contribution is 0.105. The number of ketones is 1. The number of carbonyl (C=O) groups excluding carboxylic acids is 1. The van der Waals surface area contributed by atoms with Crippen LogP contribution in [0.15, 0.2) is 67.4 Å². The third-order valence-electron chi connectivity index (χ3n) is 4.26. The Morgan fingerprint density at radius 3 is 2.63 bits per heavy atom. The zero-order valence-corrected chi connectivity index (χ0v) is 15.0. The third kappa shape index (κ3) is 4.03. The number of nitrogens with one attached hydrogen (secondary N) is 1. The van der Waals surface area contributed by atoms with E-state index >= 15 is 0 Å². The zero-order valence-electron chi connectivity index (χ0n) is 15.0. The Balaban J connectivity index is 1.90. The van der Waals surface area contributed by atoms with Gasteiger partial charge in [-0.05, 0) is 42.3 Å². The summed E-state index contributed by atoms with van der Waals surface area (Å²) in [5, 5.41) is 3.25. The molecule has 0 amide bonds. The van der Waals surface area contributed by atoms with Crippen molar-refractivity contribution in [2.45, 2.75) is 13.3 Å². The minimum atomic E-state index is -0.596. The van der Waals surface area contributed by atoms with Gasteiger partial charge in [-0.3, -0.25) is 4.79 Å². The molecule has 1 aromatic heterocycles. The number of rotatable bonds is 6. The molecule has 3 aromatic rings. The molecule has 5 heteroatoms. The van der Waals surface area contributed by atoms with E-state index in [-0.39, 0.29) is 17.0 Å². The van der Waals surface area contributed by atoms with Crippen LogP contribution < -0.4 is 11.1 Å². The number of anilines is 3. The molecule has 4 nitrogen and oxygen atoms in total. The van der Waals surface area contributed by atoms with Crippen LogP contribution in [0.25, 0.3) is 5.57 Å². The van der Waals surface area contributed by atoms with E-state index in [0.29, 0.717) is 11.3 Å². The van der Waals surface area contributed by atoms with Gasteiger partial charge in [0.15, 0.2) is 5.78 Å². The summed E-state index contributed by atoms with van der Waals surface area (Å²) in [5.74, 6) is -0.954. The molecule has 0 unspecified atom stereocenters. The largest absolute Gasteiger partial charge is 0.383 e. The summed E-state index contributed by atoms with van der Waals surface area (Å²) in [6.45, 7) is 5.90. The Hall–Kier alpha value is -3.47. The number of pyridine rings is 1. The van der Waals surface area contributed by atoms with Crippen LogP contribution in [0.4, 0.5) is 21.6 Å². The van der Waals surface area contributed by atoms with E-state index in [0.717, 1.165) is 12.1 Å². The van der Waals surface area contributed by atoms with Crippen LogP contribution in [-0.2, 0) is 6.42 Å².